The molecular weight excluding hydrogens is 477 g/mol. The molecule has 2 aliphatic heterocycles. The first-order chi connectivity index (χ1) is 15.2. The van der Waals surface area contributed by atoms with Gasteiger partial charge in [-0.05, 0) is 49.6 Å². The Kier molecular flexibility index (Phi) is 6.75. The number of nitrogens with one attached hydrogen (secondary N) is 1. The first-order valence-electron chi connectivity index (χ1n) is 10.1. The van der Waals surface area contributed by atoms with Crippen LogP contribution in [0.2, 0.25) is 0 Å². The van der Waals surface area contributed by atoms with Crippen LogP contribution >= 0.6 is 0 Å². The van der Waals surface area contributed by atoms with Crippen LogP contribution in [-0.4, -0.2) is 74.6 Å². The highest BCUT2D eigenvalue weighted by Gasteiger charge is 2.60. The van der Waals surface area contributed by atoms with Gasteiger partial charge in [0.1, 0.15) is 23.1 Å². The van der Waals surface area contributed by atoms with Gasteiger partial charge < -0.3 is 5.32 Å². The number of quaternary nitrogens is 1. The van der Waals surface area contributed by atoms with Crippen molar-refractivity contribution in [2.24, 2.45) is 0 Å². The van der Waals surface area contributed by atoms with Gasteiger partial charge in [-0.1, -0.05) is 0 Å². The summed E-state index contributed by atoms with van der Waals surface area (Å²) >= 11 is 0. The molecule has 1 aromatic rings. The van der Waals surface area contributed by atoms with E-state index in [-0.39, 0.29) is 12.6 Å². The van der Waals surface area contributed by atoms with E-state index >= 15 is 0 Å². The van der Waals surface area contributed by atoms with Crippen molar-refractivity contribution in [2.75, 3.05) is 32.4 Å². The smallest absolute Gasteiger partial charge is 0.317 e. The van der Waals surface area contributed by atoms with Gasteiger partial charge in [0.2, 0.25) is 0 Å². The molecule has 8 nitrogen and oxygen atoms in total. The summed E-state index contributed by atoms with van der Waals surface area (Å²) in [6.45, 7) is 1.76. The van der Waals surface area contributed by atoms with E-state index in [0.717, 1.165) is 6.92 Å². The number of alkyl halides is 3. The number of urea groups is 1. The number of rotatable bonds is 5. The van der Waals surface area contributed by atoms with Gasteiger partial charge in [0, 0.05) is 12.3 Å². The van der Waals surface area contributed by atoms with Crippen molar-refractivity contribution >= 4 is 21.8 Å². The van der Waals surface area contributed by atoms with E-state index in [0.29, 0.717) is 44.3 Å². The highest BCUT2D eigenvalue weighted by atomic mass is 32.2. The maximum absolute atomic E-state index is 14.8. The Morgan fingerprint density at radius 3 is 2.36 bits per heavy atom. The zero-order valence-corrected chi connectivity index (χ0v) is 18.6. The number of sulfone groups is 1. The number of piperidine rings is 1. The van der Waals surface area contributed by atoms with E-state index in [9.17, 15) is 40.0 Å². The molecule has 14 heteroatoms. The van der Waals surface area contributed by atoms with E-state index in [2.05, 4.69) is 10.2 Å². The largest absolute Gasteiger partial charge is 0.497 e. The van der Waals surface area contributed by atoms with Gasteiger partial charge >= 0.3 is 18.2 Å². The number of halogens is 5. The minimum absolute atomic E-state index is 0.0650. The average molecular weight is 500 g/mol. The van der Waals surface area contributed by atoms with E-state index in [1.165, 1.54) is 4.90 Å². The summed E-state index contributed by atoms with van der Waals surface area (Å²) in [5.74, 6) is -5.26. The number of hydrogen-bond acceptors (Lipinski definition) is 6. The molecule has 1 aromatic carbocycles. The number of nitrogens with zero attached hydrogens (tertiary/aromatic N) is 2. The Balaban J connectivity index is 2.06. The van der Waals surface area contributed by atoms with E-state index < -0.39 is 67.3 Å². The molecule has 0 spiro atoms. The molecule has 3 rings (SSSR count). The van der Waals surface area contributed by atoms with Crippen LogP contribution in [0.4, 0.5) is 26.7 Å². The summed E-state index contributed by atoms with van der Waals surface area (Å²) in [6, 6.07) is -2.02. The third kappa shape index (κ3) is 4.82. The minimum atomic E-state index is -5.43. The Labute approximate surface area is 186 Å². The normalized spacial score (nSPS) is 23.6. The summed E-state index contributed by atoms with van der Waals surface area (Å²) in [4.78, 5) is 30.1. The predicted octanol–water partition coefficient (Wildman–Crippen LogP) is 2.45. The van der Waals surface area contributed by atoms with Crippen molar-refractivity contribution in [1.29, 1.82) is 0 Å². The van der Waals surface area contributed by atoms with E-state index in [1.807, 2.05) is 0 Å². The molecule has 2 amide bonds. The van der Waals surface area contributed by atoms with Crippen molar-refractivity contribution in [2.45, 2.75) is 42.9 Å². The molecule has 0 radical (unpaired) electrons. The lowest BCUT2D eigenvalue weighted by molar-refractivity contribution is -1.04. The summed E-state index contributed by atoms with van der Waals surface area (Å²) in [5, 5.41) is 3.09. The second-order valence-corrected chi connectivity index (χ2v) is 10.1. The first kappa shape index (κ1) is 25.3. The van der Waals surface area contributed by atoms with Gasteiger partial charge in [0.25, 0.3) is 0 Å². The molecule has 2 aliphatic rings. The maximum Gasteiger partial charge on any atom is 0.497 e. The number of hydroxylamine groups is 3. The molecule has 33 heavy (non-hydrogen) atoms. The molecule has 2 unspecified atom stereocenters. The van der Waals surface area contributed by atoms with Crippen molar-refractivity contribution in [3.63, 3.8) is 0 Å². The molecule has 1 N–H and O–H groups in total. The fourth-order valence-electron chi connectivity index (χ4n) is 4.22. The van der Waals surface area contributed by atoms with Gasteiger partial charge in [0.05, 0.1) is 12.1 Å². The van der Waals surface area contributed by atoms with Crippen molar-refractivity contribution in [1.82, 2.24) is 10.2 Å². The summed E-state index contributed by atoms with van der Waals surface area (Å²) in [5.41, 5.74) is -0.601. The molecular formula is C19H23F5N3O5S+. The Morgan fingerprint density at radius 2 is 1.82 bits per heavy atom. The first-order valence-corrected chi connectivity index (χ1v) is 12.0. The van der Waals surface area contributed by atoms with Gasteiger partial charge in [-0.25, -0.2) is 26.8 Å². The van der Waals surface area contributed by atoms with E-state index in [1.54, 1.807) is 0 Å². The monoisotopic (exact) mass is 500 g/mol. The standard InChI is InChI=1S/C19H23F5N3O5S/c1-11(13-9-15(21)16(10-14(13)20)33(2,30)31)27(32-17(28)19(22,23)24)8-7-26(18(27)29)12-3-5-25-6-4-12/h9-12,25H,3-8H2,1-2H3/q+1. The topological polar surface area (TPSA) is 92.8 Å². The van der Waals surface area contributed by atoms with Gasteiger partial charge in [0.15, 0.2) is 15.9 Å². The highest BCUT2D eigenvalue weighted by molar-refractivity contribution is 7.90. The summed E-state index contributed by atoms with van der Waals surface area (Å²) in [7, 11) is -4.14. The van der Waals surface area contributed by atoms with Crippen LogP contribution in [0.25, 0.3) is 0 Å². The average Bonchev–Trinajstić information content (AvgIpc) is 3.05. The number of amides is 2. The van der Waals surface area contributed by atoms with Gasteiger partial charge in [-0.2, -0.15) is 13.2 Å². The SMILES string of the molecule is CC(c1cc(F)c(S(C)(=O)=O)cc1F)[N+]1(OC(=O)C(F)(F)F)CCN(C2CCNCC2)C1=O. The van der Waals surface area contributed by atoms with Crippen molar-refractivity contribution in [3.05, 3.63) is 29.3 Å². The number of carbonyl (C=O) groups is 2. The number of benzene rings is 1. The highest BCUT2D eigenvalue weighted by Crippen LogP contribution is 2.39. The van der Waals surface area contributed by atoms with Crippen LogP contribution in [0.1, 0.15) is 31.4 Å². The molecule has 0 aromatic heterocycles. The fraction of sp³-hybridized carbons (Fsp3) is 0.579. The lowest BCUT2D eigenvalue weighted by Crippen LogP contribution is -2.57. The summed E-state index contributed by atoms with van der Waals surface area (Å²) in [6.07, 6.45) is -3.75. The molecule has 2 heterocycles. The minimum Gasteiger partial charge on any atom is -0.317 e. The van der Waals surface area contributed by atoms with Gasteiger partial charge in [-0.3, -0.25) is 9.74 Å². The zero-order chi connectivity index (χ0) is 24.8. The fourth-order valence-corrected chi connectivity index (χ4v) is 4.95. The quantitative estimate of drug-likeness (QED) is 0.493. The molecule has 2 atom stereocenters. The Bertz CT molecular complexity index is 1060. The maximum atomic E-state index is 14.8. The molecule has 184 valence electrons. The Morgan fingerprint density at radius 1 is 1.21 bits per heavy atom. The molecule has 0 bridgehead atoms. The molecule has 2 saturated heterocycles. The second-order valence-electron chi connectivity index (χ2n) is 8.11. The third-order valence-electron chi connectivity index (χ3n) is 6.00. The van der Waals surface area contributed by atoms with Crippen LogP contribution < -0.4 is 5.32 Å². The van der Waals surface area contributed by atoms with Crippen LogP contribution in [0.15, 0.2) is 17.0 Å². The Hall–Kier alpha value is -2.32. The second kappa shape index (κ2) is 8.80. The molecule has 0 aliphatic carbocycles. The molecule has 2 fully saturated rings. The number of hydrogen-bond donors (Lipinski definition) is 1. The zero-order valence-electron chi connectivity index (χ0n) is 17.8. The van der Waals surface area contributed by atoms with Crippen molar-refractivity contribution in [3.8, 4) is 0 Å². The number of carbonyl (C=O) groups excluding carboxylic acids is 2. The molecule has 0 saturated carbocycles. The van der Waals surface area contributed by atoms with Gasteiger partial charge in [-0.15, -0.1) is 0 Å². The van der Waals surface area contributed by atoms with Crippen LogP contribution in [0, 0.1) is 11.6 Å². The van der Waals surface area contributed by atoms with Crippen LogP contribution in [0.5, 0.6) is 0 Å². The predicted molar refractivity (Wildman–Crippen MR) is 103 cm³/mol. The van der Waals surface area contributed by atoms with Crippen LogP contribution in [-0.2, 0) is 19.5 Å². The van der Waals surface area contributed by atoms with Crippen molar-refractivity contribution < 1.29 is 49.4 Å². The lowest BCUT2D eigenvalue weighted by Gasteiger charge is -2.35. The third-order valence-corrected chi connectivity index (χ3v) is 7.11. The van der Waals surface area contributed by atoms with E-state index in [4.69, 9.17) is 0 Å². The van der Waals surface area contributed by atoms with Crippen LogP contribution in [0.3, 0.4) is 0 Å². The summed E-state index contributed by atoms with van der Waals surface area (Å²) < 4.78 is 90.2. The lowest BCUT2D eigenvalue weighted by atomic mass is 10.1.